The van der Waals surface area contributed by atoms with Crippen molar-refractivity contribution in [3.05, 3.63) is 37.6 Å². The van der Waals surface area contributed by atoms with Crippen molar-refractivity contribution in [2.75, 3.05) is 10.5 Å². The summed E-state index contributed by atoms with van der Waals surface area (Å²) in [7, 11) is -4.04. The molecule has 3 N–H and O–H groups in total. The summed E-state index contributed by atoms with van der Waals surface area (Å²) in [6, 6.07) is 2.59. The van der Waals surface area contributed by atoms with Crippen LogP contribution in [0.2, 0.25) is 10.0 Å². The third-order valence-electron chi connectivity index (χ3n) is 2.22. The minimum atomic E-state index is -4.04. The van der Waals surface area contributed by atoms with Gasteiger partial charge in [-0.2, -0.15) is 0 Å². The highest BCUT2D eigenvalue weighted by atomic mass is 79.9. The molecule has 0 aliphatic carbocycles. The lowest BCUT2D eigenvalue weighted by molar-refractivity contribution is 0.601. The molecule has 2 rings (SSSR count). The molecule has 0 atom stereocenters. The van der Waals surface area contributed by atoms with Gasteiger partial charge in [-0.15, -0.1) is 0 Å². The van der Waals surface area contributed by atoms with Crippen LogP contribution in [-0.2, 0) is 10.0 Å². The van der Waals surface area contributed by atoms with Crippen LogP contribution >= 0.6 is 55.1 Å². The largest absolute Gasteiger partial charge is 0.399 e. The Bertz CT molecular complexity index is 794. The molecular weight excluding hydrogens is 471 g/mol. The van der Waals surface area contributed by atoms with E-state index >= 15 is 0 Å². The lowest BCUT2D eigenvalue weighted by Crippen LogP contribution is -2.16. The number of nitrogens with one attached hydrogen (secondary N) is 1. The van der Waals surface area contributed by atoms with E-state index in [1.165, 1.54) is 18.3 Å². The first kappa shape index (κ1) is 16.8. The van der Waals surface area contributed by atoms with Crippen LogP contribution in [0.4, 0.5) is 11.5 Å². The normalized spacial score (nSPS) is 11.4. The molecule has 1 aromatic heterocycles. The average Bonchev–Trinajstić information content (AvgIpc) is 2.30. The Kier molecular flexibility index (Phi) is 4.99. The quantitative estimate of drug-likeness (QED) is 0.658. The standard InChI is InChI=1S/C10H6Br2Cl2N4O2S/c11-7-3-16-10(9(12)17-7)18-21(19,20)8-5(13)1-4(15)2-6(8)14/h1-3H,15H2,(H,16,18). The maximum absolute atomic E-state index is 12.4. The highest BCUT2D eigenvalue weighted by Gasteiger charge is 2.24. The van der Waals surface area contributed by atoms with Crippen molar-refractivity contribution >= 4 is 76.6 Å². The van der Waals surface area contributed by atoms with Gasteiger partial charge in [0.2, 0.25) is 0 Å². The average molecular weight is 477 g/mol. The minimum absolute atomic E-state index is 0.00200. The predicted molar refractivity (Wildman–Crippen MR) is 89.1 cm³/mol. The van der Waals surface area contributed by atoms with Gasteiger partial charge in [0.25, 0.3) is 10.0 Å². The van der Waals surface area contributed by atoms with Gasteiger partial charge >= 0.3 is 0 Å². The van der Waals surface area contributed by atoms with Crippen LogP contribution in [0.15, 0.2) is 32.4 Å². The number of rotatable bonds is 3. The fourth-order valence-corrected chi connectivity index (χ4v) is 4.72. The predicted octanol–water partition coefficient (Wildman–Crippen LogP) is 3.69. The van der Waals surface area contributed by atoms with Gasteiger partial charge < -0.3 is 5.73 Å². The lowest BCUT2D eigenvalue weighted by Gasteiger charge is -2.11. The van der Waals surface area contributed by atoms with Crippen molar-refractivity contribution in [3.63, 3.8) is 0 Å². The molecule has 0 amide bonds. The van der Waals surface area contributed by atoms with Gasteiger partial charge in [0.15, 0.2) is 10.4 Å². The second-order valence-electron chi connectivity index (χ2n) is 3.75. The third-order valence-corrected chi connectivity index (χ3v) is 5.42. The second-order valence-corrected chi connectivity index (χ2v) is 7.75. The van der Waals surface area contributed by atoms with E-state index in [4.69, 9.17) is 28.9 Å². The number of hydrogen-bond acceptors (Lipinski definition) is 5. The van der Waals surface area contributed by atoms with E-state index in [1.54, 1.807) is 0 Å². The zero-order valence-electron chi connectivity index (χ0n) is 9.94. The number of nitrogen functional groups attached to an aromatic ring is 1. The summed E-state index contributed by atoms with van der Waals surface area (Å²) in [5, 5.41) is -0.178. The molecule has 0 saturated heterocycles. The molecule has 1 heterocycles. The third kappa shape index (κ3) is 3.78. The van der Waals surface area contributed by atoms with Crippen molar-refractivity contribution in [1.29, 1.82) is 0 Å². The van der Waals surface area contributed by atoms with Gasteiger partial charge in [0.1, 0.15) is 9.50 Å². The molecule has 0 bridgehead atoms. The second kappa shape index (κ2) is 6.25. The van der Waals surface area contributed by atoms with Crippen LogP contribution in [0.3, 0.4) is 0 Å². The van der Waals surface area contributed by atoms with Gasteiger partial charge in [0.05, 0.1) is 16.2 Å². The number of nitrogens with two attached hydrogens (primary N) is 1. The van der Waals surface area contributed by atoms with Crippen molar-refractivity contribution < 1.29 is 8.42 Å². The number of sulfonamides is 1. The number of benzene rings is 1. The maximum atomic E-state index is 12.4. The molecule has 2 aromatic rings. The topological polar surface area (TPSA) is 98.0 Å². The van der Waals surface area contributed by atoms with E-state index in [-0.39, 0.29) is 31.0 Å². The smallest absolute Gasteiger partial charge is 0.266 e. The van der Waals surface area contributed by atoms with Gasteiger partial charge in [-0.3, -0.25) is 4.72 Å². The summed E-state index contributed by atoms with van der Waals surface area (Å²) in [5.41, 5.74) is 5.80. The molecule has 11 heteroatoms. The molecular formula is C10H6Br2Cl2N4O2S. The van der Waals surface area contributed by atoms with Crippen molar-refractivity contribution in [1.82, 2.24) is 9.97 Å². The lowest BCUT2D eigenvalue weighted by atomic mass is 10.3. The van der Waals surface area contributed by atoms with E-state index < -0.39 is 10.0 Å². The Labute approximate surface area is 147 Å². The van der Waals surface area contributed by atoms with Crippen LogP contribution < -0.4 is 10.5 Å². The number of aromatic nitrogens is 2. The van der Waals surface area contributed by atoms with E-state index in [0.717, 1.165) is 0 Å². The molecule has 6 nitrogen and oxygen atoms in total. The Morgan fingerprint density at radius 1 is 1.19 bits per heavy atom. The van der Waals surface area contributed by atoms with Crippen LogP contribution in [0, 0.1) is 0 Å². The molecule has 0 spiro atoms. The zero-order valence-corrected chi connectivity index (χ0v) is 15.4. The minimum Gasteiger partial charge on any atom is -0.399 e. The number of hydrogen-bond donors (Lipinski definition) is 2. The summed E-state index contributed by atoms with van der Waals surface area (Å²) in [6.07, 6.45) is 1.34. The SMILES string of the molecule is Nc1cc(Cl)c(S(=O)(=O)Nc2ncc(Br)nc2Br)c(Cl)c1. The Balaban J connectivity index is 2.48. The van der Waals surface area contributed by atoms with Crippen LogP contribution in [0.5, 0.6) is 0 Å². The summed E-state index contributed by atoms with van der Waals surface area (Å²) < 4.78 is 27.6. The fourth-order valence-electron chi connectivity index (χ4n) is 1.43. The van der Waals surface area contributed by atoms with Crippen LogP contribution in [-0.4, -0.2) is 18.4 Å². The monoisotopic (exact) mass is 474 g/mol. The summed E-state index contributed by atoms with van der Waals surface area (Å²) in [4.78, 5) is 7.60. The molecule has 0 unspecified atom stereocenters. The van der Waals surface area contributed by atoms with Gasteiger partial charge in [-0.05, 0) is 44.0 Å². The Morgan fingerprint density at radius 2 is 1.76 bits per heavy atom. The van der Waals surface area contributed by atoms with Crippen molar-refractivity contribution in [3.8, 4) is 0 Å². The molecule has 21 heavy (non-hydrogen) atoms. The van der Waals surface area contributed by atoms with E-state index in [1.807, 2.05) is 0 Å². The van der Waals surface area contributed by atoms with E-state index in [0.29, 0.717) is 4.60 Å². The molecule has 0 aliphatic heterocycles. The van der Waals surface area contributed by atoms with Crippen molar-refractivity contribution in [2.24, 2.45) is 0 Å². The van der Waals surface area contributed by atoms with Gasteiger partial charge in [0, 0.05) is 5.69 Å². The molecule has 0 radical (unpaired) electrons. The first-order valence-corrected chi connectivity index (χ1v) is 8.98. The molecule has 0 saturated carbocycles. The molecule has 112 valence electrons. The van der Waals surface area contributed by atoms with Crippen LogP contribution in [0.1, 0.15) is 0 Å². The first-order valence-electron chi connectivity index (χ1n) is 5.16. The molecule has 1 aromatic carbocycles. The number of anilines is 2. The fraction of sp³-hybridized carbons (Fsp3) is 0. The molecule has 0 aliphatic rings. The number of nitrogens with zero attached hydrogens (tertiary/aromatic N) is 2. The molecule has 0 fully saturated rings. The number of halogens is 4. The van der Waals surface area contributed by atoms with E-state index in [2.05, 4.69) is 46.5 Å². The highest BCUT2D eigenvalue weighted by molar-refractivity contribution is 9.11. The Morgan fingerprint density at radius 3 is 2.29 bits per heavy atom. The Hall–Kier alpha value is -0.610. The van der Waals surface area contributed by atoms with E-state index in [9.17, 15) is 8.42 Å². The highest BCUT2D eigenvalue weighted by Crippen LogP contribution is 2.33. The summed E-state index contributed by atoms with van der Waals surface area (Å²) >= 11 is 18.0. The van der Waals surface area contributed by atoms with Crippen LogP contribution in [0.25, 0.3) is 0 Å². The first-order chi connectivity index (χ1) is 9.70. The zero-order chi connectivity index (χ0) is 15.8. The maximum Gasteiger partial charge on any atom is 0.266 e. The van der Waals surface area contributed by atoms with Gasteiger partial charge in [-0.25, -0.2) is 18.4 Å². The van der Waals surface area contributed by atoms with Crippen molar-refractivity contribution in [2.45, 2.75) is 4.90 Å². The summed E-state index contributed by atoms with van der Waals surface area (Å²) in [6.45, 7) is 0. The van der Waals surface area contributed by atoms with Gasteiger partial charge in [-0.1, -0.05) is 23.2 Å². The summed E-state index contributed by atoms with van der Waals surface area (Å²) in [5.74, 6) is 0.00200.